The Bertz CT molecular complexity index is 339. The highest BCUT2D eigenvalue weighted by Crippen LogP contribution is 2.24. The van der Waals surface area contributed by atoms with Gasteiger partial charge in [0.2, 0.25) is 0 Å². The fourth-order valence-corrected chi connectivity index (χ4v) is 2.23. The molecule has 0 aliphatic heterocycles. The lowest BCUT2D eigenvalue weighted by molar-refractivity contribution is 0.0344. The summed E-state index contributed by atoms with van der Waals surface area (Å²) in [6.07, 6.45) is -1.87. The number of carbonyl (C=O) groups excluding carboxylic acids is 1. The van der Waals surface area contributed by atoms with Gasteiger partial charge in [-0.1, -0.05) is 15.9 Å². The molecule has 0 amide bonds. The number of hydrogen-bond acceptors (Lipinski definition) is 5. The molecule has 0 aliphatic carbocycles. The highest BCUT2D eigenvalue weighted by molar-refractivity contribution is 9.09. The third-order valence-corrected chi connectivity index (χ3v) is 3.46. The van der Waals surface area contributed by atoms with E-state index < -0.39 is 18.2 Å². The fourth-order valence-electron chi connectivity index (χ4n) is 1.02. The smallest absolute Gasteiger partial charge is 0.348 e. The lowest BCUT2D eigenvalue weighted by Gasteiger charge is -2.13. The third-order valence-electron chi connectivity index (χ3n) is 1.87. The summed E-state index contributed by atoms with van der Waals surface area (Å²) < 4.78 is 4.53. The first-order valence-corrected chi connectivity index (χ1v) is 6.19. The first kappa shape index (κ1) is 12.6. The monoisotopic (exact) mass is 294 g/mol. The van der Waals surface area contributed by atoms with E-state index >= 15 is 0 Å². The van der Waals surface area contributed by atoms with Crippen molar-refractivity contribution in [3.8, 4) is 0 Å². The van der Waals surface area contributed by atoms with Crippen molar-refractivity contribution in [1.29, 1.82) is 0 Å². The van der Waals surface area contributed by atoms with Crippen LogP contribution in [0.3, 0.4) is 0 Å². The van der Waals surface area contributed by atoms with Gasteiger partial charge in [0.1, 0.15) is 11.0 Å². The van der Waals surface area contributed by atoms with Crippen LogP contribution < -0.4 is 0 Å². The van der Waals surface area contributed by atoms with Crippen LogP contribution in [0.25, 0.3) is 0 Å². The molecule has 0 aromatic carbocycles. The Morgan fingerprint density at radius 3 is 2.87 bits per heavy atom. The molecule has 0 bridgehead atoms. The Balaban J connectivity index is 2.79. The minimum atomic E-state index is -0.987. The molecule has 0 saturated heterocycles. The summed E-state index contributed by atoms with van der Waals surface area (Å²) in [5, 5.41) is 20.9. The third kappa shape index (κ3) is 3.01. The van der Waals surface area contributed by atoms with Gasteiger partial charge < -0.3 is 14.9 Å². The summed E-state index contributed by atoms with van der Waals surface area (Å²) in [6, 6.07) is 1.52. The minimum absolute atomic E-state index is 0.275. The normalized spacial score (nSPS) is 14.7. The van der Waals surface area contributed by atoms with Gasteiger partial charge in [0, 0.05) is 5.33 Å². The average molecular weight is 295 g/mol. The summed E-state index contributed by atoms with van der Waals surface area (Å²) in [6.45, 7) is 0. The number of carbonyl (C=O) groups is 1. The number of halogens is 1. The van der Waals surface area contributed by atoms with Gasteiger partial charge in [-0.2, -0.15) is 0 Å². The summed E-state index contributed by atoms with van der Waals surface area (Å²) >= 11 is 4.24. The van der Waals surface area contributed by atoms with E-state index in [4.69, 9.17) is 0 Å². The Morgan fingerprint density at radius 1 is 1.67 bits per heavy atom. The van der Waals surface area contributed by atoms with Gasteiger partial charge in [0.05, 0.1) is 13.2 Å². The molecular weight excluding hydrogens is 284 g/mol. The Hall–Kier alpha value is -0.430. The zero-order valence-electron chi connectivity index (χ0n) is 8.01. The molecule has 1 aromatic rings. The number of methoxy groups -OCH3 is 1. The largest absolute Gasteiger partial charge is 0.465 e. The van der Waals surface area contributed by atoms with Gasteiger partial charge >= 0.3 is 5.97 Å². The van der Waals surface area contributed by atoms with E-state index in [0.29, 0.717) is 10.4 Å². The lowest BCUT2D eigenvalue weighted by Crippen LogP contribution is -2.18. The number of esters is 1. The van der Waals surface area contributed by atoms with Gasteiger partial charge in [-0.15, -0.1) is 11.3 Å². The fraction of sp³-hybridized carbons (Fsp3) is 0.444. The SMILES string of the molecule is COC(=O)c1cc(C(O)C(O)CBr)cs1. The van der Waals surface area contributed by atoms with Gasteiger partial charge in [0.25, 0.3) is 0 Å². The van der Waals surface area contributed by atoms with Crippen molar-refractivity contribution < 1.29 is 19.7 Å². The highest BCUT2D eigenvalue weighted by Gasteiger charge is 2.20. The highest BCUT2D eigenvalue weighted by atomic mass is 79.9. The summed E-state index contributed by atoms with van der Waals surface area (Å²) in [5.74, 6) is -0.438. The minimum Gasteiger partial charge on any atom is -0.465 e. The molecule has 6 heteroatoms. The molecule has 2 N–H and O–H groups in total. The van der Waals surface area contributed by atoms with E-state index in [1.54, 1.807) is 5.38 Å². The van der Waals surface area contributed by atoms with E-state index in [-0.39, 0.29) is 5.33 Å². The molecule has 0 radical (unpaired) electrons. The molecule has 0 aliphatic rings. The zero-order chi connectivity index (χ0) is 11.4. The number of thiophene rings is 1. The van der Waals surface area contributed by atoms with Crippen LogP contribution in [0, 0.1) is 0 Å². The molecule has 1 heterocycles. The predicted molar refractivity (Wildman–Crippen MR) is 60.4 cm³/mol. The second kappa shape index (κ2) is 5.60. The van der Waals surface area contributed by atoms with Gasteiger partial charge in [-0.05, 0) is 17.0 Å². The molecule has 1 aromatic heterocycles. The van der Waals surface area contributed by atoms with Crippen LogP contribution in [0.4, 0.5) is 0 Å². The van der Waals surface area contributed by atoms with E-state index in [2.05, 4.69) is 20.7 Å². The molecule has 15 heavy (non-hydrogen) atoms. The van der Waals surface area contributed by atoms with Crippen molar-refractivity contribution in [3.63, 3.8) is 0 Å². The van der Waals surface area contributed by atoms with Crippen molar-refractivity contribution in [1.82, 2.24) is 0 Å². The van der Waals surface area contributed by atoms with Crippen molar-refractivity contribution in [3.05, 3.63) is 21.9 Å². The number of aliphatic hydroxyl groups excluding tert-OH is 2. The number of rotatable bonds is 4. The van der Waals surface area contributed by atoms with Crippen LogP contribution in [-0.4, -0.2) is 34.7 Å². The van der Waals surface area contributed by atoms with E-state index in [0.717, 1.165) is 0 Å². The van der Waals surface area contributed by atoms with Crippen LogP contribution in [0.1, 0.15) is 21.3 Å². The topological polar surface area (TPSA) is 66.8 Å². The molecule has 2 unspecified atom stereocenters. The summed E-state index contributed by atoms with van der Waals surface area (Å²) in [4.78, 5) is 11.5. The van der Waals surface area contributed by atoms with Crippen molar-refractivity contribution in [2.24, 2.45) is 0 Å². The van der Waals surface area contributed by atoms with E-state index in [1.807, 2.05) is 0 Å². The Labute approximate surface area is 99.6 Å². The Morgan fingerprint density at radius 2 is 2.33 bits per heavy atom. The molecule has 4 nitrogen and oxygen atoms in total. The Kier molecular flexibility index (Phi) is 4.72. The maximum Gasteiger partial charge on any atom is 0.348 e. The summed E-state index contributed by atoms with van der Waals surface area (Å²) in [5.41, 5.74) is 0.521. The van der Waals surface area contributed by atoms with E-state index in [1.165, 1.54) is 24.5 Å². The first-order valence-electron chi connectivity index (χ1n) is 4.19. The van der Waals surface area contributed by atoms with Crippen molar-refractivity contribution >= 4 is 33.2 Å². The molecule has 84 valence electrons. The van der Waals surface area contributed by atoms with E-state index in [9.17, 15) is 15.0 Å². The van der Waals surface area contributed by atoms with Crippen LogP contribution >= 0.6 is 27.3 Å². The number of ether oxygens (including phenoxy) is 1. The number of hydrogen-bond donors (Lipinski definition) is 2. The van der Waals surface area contributed by atoms with Gasteiger partial charge in [-0.3, -0.25) is 0 Å². The second-order valence-electron chi connectivity index (χ2n) is 2.90. The molecule has 0 fully saturated rings. The first-order chi connectivity index (χ1) is 7.10. The summed E-state index contributed by atoms with van der Waals surface area (Å²) in [7, 11) is 1.30. The standard InChI is InChI=1S/C9H11BrO4S/c1-14-9(13)7-2-5(4-15-7)8(12)6(11)3-10/h2,4,6,8,11-12H,3H2,1H3. The quantitative estimate of drug-likeness (QED) is 0.649. The van der Waals surface area contributed by atoms with Crippen molar-refractivity contribution in [2.75, 3.05) is 12.4 Å². The van der Waals surface area contributed by atoms with Crippen molar-refractivity contribution in [2.45, 2.75) is 12.2 Å². The van der Waals surface area contributed by atoms with Gasteiger partial charge in [-0.25, -0.2) is 4.79 Å². The van der Waals surface area contributed by atoms with Crippen LogP contribution in [0.15, 0.2) is 11.4 Å². The van der Waals surface area contributed by atoms with Crippen LogP contribution in [0.2, 0.25) is 0 Å². The molecule has 1 rings (SSSR count). The van der Waals surface area contributed by atoms with Crippen LogP contribution in [0.5, 0.6) is 0 Å². The zero-order valence-corrected chi connectivity index (χ0v) is 10.4. The molecule has 2 atom stereocenters. The maximum atomic E-state index is 11.1. The molecular formula is C9H11BrO4S. The number of aliphatic hydroxyl groups is 2. The van der Waals surface area contributed by atoms with Crippen LogP contribution in [-0.2, 0) is 4.74 Å². The maximum absolute atomic E-state index is 11.1. The van der Waals surface area contributed by atoms with Gasteiger partial charge in [0.15, 0.2) is 0 Å². The average Bonchev–Trinajstić information content (AvgIpc) is 2.75. The molecule has 0 saturated carbocycles. The number of alkyl halides is 1. The predicted octanol–water partition coefficient (Wildman–Crippen LogP) is 1.32. The molecule has 0 spiro atoms. The lowest BCUT2D eigenvalue weighted by atomic mass is 10.1. The second-order valence-corrected chi connectivity index (χ2v) is 4.46.